The number of aromatic nitrogens is 2. The maximum Gasteiger partial charge on any atom is 0.139 e. The van der Waals surface area contributed by atoms with Gasteiger partial charge in [-0.05, 0) is 25.2 Å². The molecule has 0 radical (unpaired) electrons. The van der Waals surface area contributed by atoms with Crippen molar-refractivity contribution in [1.82, 2.24) is 15.1 Å². The summed E-state index contributed by atoms with van der Waals surface area (Å²) in [5.41, 5.74) is 1.91. The summed E-state index contributed by atoms with van der Waals surface area (Å²) in [6.07, 6.45) is 1.91. The average molecular weight is 252 g/mol. The van der Waals surface area contributed by atoms with Crippen molar-refractivity contribution in [3.8, 4) is 11.4 Å². The molecular formula is C12H14ClN3O. The maximum atomic E-state index is 5.97. The van der Waals surface area contributed by atoms with Crippen molar-refractivity contribution in [2.45, 2.75) is 6.54 Å². The number of benzene rings is 1. The zero-order chi connectivity index (χ0) is 12.3. The van der Waals surface area contributed by atoms with Gasteiger partial charge in [0.1, 0.15) is 5.75 Å². The molecule has 1 N–H and O–H groups in total. The number of nitrogens with zero attached hydrogens (tertiary/aromatic N) is 2. The van der Waals surface area contributed by atoms with Crippen molar-refractivity contribution < 1.29 is 4.74 Å². The first-order valence-corrected chi connectivity index (χ1v) is 5.65. The van der Waals surface area contributed by atoms with Crippen LogP contribution in [-0.4, -0.2) is 23.9 Å². The van der Waals surface area contributed by atoms with Crippen molar-refractivity contribution >= 4 is 11.6 Å². The fourth-order valence-corrected chi connectivity index (χ4v) is 1.77. The van der Waals surface area contributed by atoms with Crippen molar-refractivity contribution in [3.63, 3.8) is 0 Å². The van der Waals surface area contributed by atoms with E-state index in [-0.39, 0.29) is 0 Å². The van der Waals surface area contributed by atoms with Crippen molar-refractivity contribution in [2.24, 2.45) is 0 Å². The predicted molar refractivity (Wildman–Crippen MR) is 67.9 cm³/mol. The Morgan fingerprint density at radius 3 is 2.94 bits per heavy atom. The highest BCUT2D eigenvalue weighted by Gasteiger charge is 2.05. The Balaban J connectivity index is 2.32. The van der Waals surface area contributed by atoms with Crippen molar-refractivity contribution in [1.29, 1.82) is 0 Å². The van der Waals surface area contributed by atoms with Crippen LogP contribution in [0.2, 0.25) is 5.02 Å². The summed E-state index contributed by atoms with van der Waals surface area (Å²) >= 11 is 5.97. The largest absolute Gasteiger partial charge is 0.495 e. The lowest BCUT2D eigenvalue weighted by atomic mass is 10.3. The quantitative estimate of drug-likeness (QED) is 0.906. The summed E-state index contributed by atoms with van der Waals surface area (Å²) < 4.78 is 6.97. The molecule has 0 amide bonds. The fourth-order valence-electron chi connectivity index (χ4n) is 1.57. The van der Waals surface area contributed by atoms with E-state index in [9.17, 15) is 0 Å². The van der Waals surface area contributed by atoms with Gasteiger partial charge in [0.15, 0.2) is 0 Å². The first kappa shape index (κ1) is 12.0. The van der Waals surface area contributed by atoms with E-state index in [1.54, 1.807) is 17.9 Å². The minimum absolute atomic E-state index is 0.596. The second kappa shape index (κ2) is 5.21. The molecule has 0 aliphatic carbocycles. The van der Waals surface area contributed by atoms with E-state index in [1.807, 2.05) is 31.4 Å². The summed E-state index contributed by atoms with van der Waals surface area (Å²) in [7, 11) is 3.49. The minimum atomic E-state index is 0.596. The van der Waals surface area contributed by atoms with Crippen LogP contribution in [0.4, 0.5) is 0 Å². The molecule has 0 aliphatic heterocycles. The number of methoxy groups -OCH3 is 1. The Bertz CT molecular complexity index is 510. The zero-order valence-electron chi connectivity index (χ0n) is 9.77. The van der Waals surface area contributed by atoms with Crippen LogP contribution in [-0.2, 0) is 6.54 Å². The van der Waals surface area contributed by atoms with Crippen LogP contribution in [0.1, 0.15) is 5.69 Å². The standard InChI is InChI=1S/C12H14ClN3O/c1-14-8-9-5-6-16(15-9)10-3-4-11(13)12(7-10)17-2/h3-7,14H,8H2,1-2H3. The van der Waals surface area contributed by atoms with Gasteiger partial charge in [0, 0.05) is 18.8 Å². The molecule has 5 heteroatoms. The van der Waals surface area contributed by atoms with Gasteiger partial charge in [0.2, 0.25) is 0 Å². The number of hydrogen-bond acceptors (Lipinski definition) is 3. The zero-order valence-corrected chi connectivity index (χ0v) is 10.5. The number of rotatable bonds is 4. The third kappa shape index (κ3) is 2.60. The second-order valence-electron chi connectivity index (χ2n) is 3.60. The van der Waals surface area contributed by atoms with Gasteiger partial charge in [0.25, 0.3) is 0 Å². The molecule has 0 unspecified atom stereocenters. The monoisotopic (exact) mass is 251 g/mol. The highest BCUT2D eigenvalue weighted by molar-refractivity contribution is 6.32. The summed E-state index contributed by atoms with van der Waals surface area (Å²) in [5, 5.41) is 8.09. The van der Waals surface area contributed by atoms with Crippen LogP contribution in [0.15, 0.2) is 30.5 Å². The molecule has 90 valence electrons. The molecule has 1 aromatic carbocycles. The van der Waals surface area contributed by atoms with Gasteiger partial charge in [-0.1, -0.05) is 11.6 Å². The predicted octanol–water partition coefficient (Wildman–Crippen LogP) is 2.25. The molecule has 17 heavy (non-hydrogen) atoms. The highest BCUT2D eigenvalue weighted by Crippen LogP contribution is 2.26. The average Bonchev–Trinajstić information content (AvgIpc) is 2.79. The first-order valence-electron chi connectivity index (χ1n) is 5.27. The van der Waals surface area contributed by atoms with E-state index >= 15 is 0 Å². The highest BCUT2D eigenvalue weighted by atomic mass is 35.5. The molecular weight excluding hydrogens is 238 g/mol. The molecule has 0 bridgehead atoms. The summed E-state index contributed by atoms with van der Waals surface area (Å²) in [6, 6.07) is 7.53. The van der Waals surface area contributed by atoms with Gasteiger partial charge in [-0.25, -0.2) is 4.68 Å². The number of nitrogens with one attached hydrogen (secondary N) is 1. The van der Waals surface area contributed by atoms with Gasteiger partial charge < -0.3 is 10.1 Å². The Morgan fingerprint density at radius 2 is 2.24 bits per heavy atom. The molecule has 0 fully saturated rings. The third-order valence-electron chi connectivity index (χ3n) is 2.40. The molecule has 2 rings (SSSR count). The van der Waals surface area contributed by atoms with E-state index < -0.39 is 0 Å². The Kier molecular flexibility index (Phi) is 3.66. The van der Waals surface area contributed by atoms with Crippen LogP contribution in [0.3, 0.4) is 0 Å². The normalized spacial score (nSPS) is 10.5. The third-order valence-corrected chi connectivity index (χ3v) is 2.71. The molecule has 2 aromatic rings. The SMILES string of the molecule is CNCc1ccn(-c2ccc(Cl)c(OC)c2)n1. The van der Waals surface area contributed by atoms with E-state index in [2.05, 4.69) is 10.4 Å². The molecule has 1 heterocycles. The van der Waals surface area contributed by atoms with Gasteiger partial charge in [-0.15, -0.1) is 0 Å². The summed E-state index contributed by atoms with van der Waals surface area (Å²) in [4.78, 5) is 0. The lowest BCUT2D eigenvalue weighted by Gasteiger charge is -2.06. The molecule has 0 saturated carbocycles. The summed E-state index contributed by atoms with van der Waals surface area (Å²) in [6.45, 7) is 0.748. The van der Waals surface area contributed by atoms with Gasteiger partial charge >= 0.3 is 0 Å². The van der Waals surface area contributed by atoms with Crippen LogP contribution >= 0.6 is 11.6 Å². The Hall–Kier alpha value is -1.52. The fraction of sp³-hybridized carbons (Fsp3) is 0.250. The van der Waals surface area contributed by atoms with Crippen LogP contribution in [0, 0.1) is 0 Å². The number of halogens is 1. The summed E-state index contributed by atoms with van der Waals surface area (Å²) in [5.74, 6) is 0.648. The topological polar surface area (TPSA) is 39.1 Å². The molecule has 0 saturated heterocycles. The van der Waals surface area contributed by atoms with Crippen LogP contribution in [0.25, 0.3) is 5.69 Å². The molecule has 4 nitrogen and oxygen atoms in total. The second-order valence-corrected chi connectivity index (χ2v) is 4.01. The first-order chi connectivity index (χ1) is 8.24. The van der Waals surface area contributed by atoms with E-state index in [4.69, 9.17) is 16.3 Å². The lowest BCUT2D eigenvalue weighted by molar-refractivity contribution is 0.414. The van der Waals surface area contributed by atoms with E-state index in [0.29, 0.717) is 10.8 Å². The van der Waals surface area contributed by atoms with Crippen LogP contribution in [0.5, 0.6) is 5.75 Å². The molecule has 1 aromatic heterocycles. The van der Waals surface area contributed by atoms with Gasteiger partial charge in [0.05, 0.1) is 23.5 Å². The molecule has 0 aliphatic rings. The molecule has 0 atom stereocenters. The van der Waals surface area contributed by atoms with Crippen molar-refractivity contribution in [2.75, 3.05) is 14.2 Å². The van der Waals surface area contributed by atoms with Crippen LogP contribution < -0.4 is 10.1 Å². The van der Waals surface area contributed by atoms with E-state index in [1.165, 1.54) is 0 Å². The Morgan fingerprint density at radius 1 is 1.41 bits per heavy atom. The van der Waals surface area contributed by atoms with E-state index in [0.717, 1.165) is 17.9 Å². The maximum absolute atomic E-state index is 5.97. The molecule has 0 spiro atoms. The smallest absolute Gasteiger partial charge is 0.139 e. The van der Waals surface area contributed by atoms with Gasteiger partial charge in [-0.2, -0.15) is 5.10 Å². The number of hydrogen-bond donors (Lipinski definition) is 1. The van der Waals surface area contributed by atoms with Gasteiger partial charge in [-0.3, -0.25) is 0 Å². The number of ether oxygens (including phenoxy) is 1. The van der Waals surface area contributed by atoms with Crippen molar-refractivity contribution in [3.05, 3.63) is 41.2 Å². The lowest BCUT2D eigenvalue weighted by Crippen LogP contribution is -2.06. The minimum Gasteiger partial charge on any atom is -0.495 e. The Labute approximate surface area is 105 Å².